The average molecular weight is 219 g/mol. The minimum absolute atomic E-state index is 0.120. The van der Waals surface area contributed by atoms with Crippen LogP contribution in [0.1, 0.15) is 0 Å². The molecular formula is C6H7BrN2O2. The zero-order valence-corrected chi connectivity index (χ0v) is 7.09. The predicted molar refractivity (Wildman–Crippen MR) is 46.3 cm³/mol. The van der Waals surface area contributed by atoms with Crippen molar-refractivity contribution in [1.29, 1.82) is 0 Å². The van der Waals surface area contributed by atoms with Crippen LogP contribution in [0.3, 0.4) is 0 Å². The number of aromatic hydroxyl groups is 2. The molecule has 11 heavy (non-hydrogen) atoms. The molecule has 1 aromatic carbocycles. The first-order valence-electron chi connectivity index (χ1n) is 2.79. The molecule has 1 rings (SSSR count). The number of rotatable bonds is 0. The number of phenols is 2. The van der Waals surface area contributed by atoms with E-state index in [2.05, 4.69) is 15.9 Å². The molecule has 0 amide bonds. The van der Waals surface area contributed by atoms with Gasteiger partial charge in [-0.05, 0) is 22.0 Å². The van der Waals surface area contributed by atoms with Gasteiger partial charge >= 0.3 is 0 Å². The van der Waals surface area contributed by atoms with Gasteiger partial charge in [-0.1, -0.05) is 0 Å². The largest absolute Gasteiger partial charge is 0.505 e. The van der Waals surface area contributed by atoms with E-state index in [4.69, 9.17) is 21.7 Å². The quantitative estimate of drug-likeness (QED) is 0.298. The molecule has 0 aromatic heterocycles. The van der Waals surface area contributed by atoms with Gasteiger partial charge in [0.05, 0.1) is 11.4 Å². The molecule has 0 aliphatic heterocycles. The Bertz CT molecular complexity index is 275. The van der Waals surface area contributed by atoms with Gasteiger partial charge < -0.3 is 21.7 Å². The van der Waals surface area contributed by atoms with Gasteiger partial charge in [0.2, 0.25) is 0 Å². The molecule has 1 aromatic rings. The summed E-state index contributed by atoms with van der Waals surface area (Å²) in [4.78, 5) is 0. The molecule has 0 saturated carbocycles. The van der Waals surface area contributed by atoms with E-state index in [9.17, 15) is 0 Å². The first-order valence-corrected chi connectivity index (χ1v) is 3.58. The maximum absolute atomic E-state index is 9.12. The fraction of sp³-hybridized carbons (Fsp3) is 0. The minimum Gasteiger partial charge on any atom is -0.505 e. The van der Waals surface area contributed by atoms with Gasteiger partial charge in [-0.25, -0.2) is 0 Å². The van der Waals surface area contributed by atoms with Crippen molar-refractivity contribution in [2.24, 2.45) is 0 Å². The Hall–Kier alpha value is -1.10. The maximum Gasteiger partial charge on any atom is 0.156 e. The van der Waals surface area contributed by atoms with Crippen LogP contribution in [0.4, 0.5) is 11.4 Å². The van der Waals surface area contributed by atoms with Crippen LogP contribution in [-0.2, 0) is 0 Å². The van der Waals surface area contributed by atoms with Crippen molar-refractivity contribution in [3.8, 4) is 11.5 Å². The number of hydrogen-bond acceptors (Lipinski definition) is 4. The first-order chi connectivity index (χ1) is 5.04. The van der Waals surface area contributed by atoms with Crippen LogP contribution in [0.15, 0.2) is 10.5 Å². The van der Waals surface area contributed by atoms with Crippen LogP contribution in [0.2, 0.25) is 0 Å². The predicted octanol–water partition coefficient (Wildman–Crippen LogP) is 1.02. The monoisotopic (exact) mass is 218 g/mol. The van der Waals surface area contributed by atoms with E-state index < -0.39 is 0 Å². The third kappa shape index (κ3) is 1.19. The van der Waals surface area contributed by atoms with Gasteiger partial charge in [-0.3, -0.25) is 0 Å². The van der Waals surface area contributed by atoms with Crippen molar-refractivity contribution < 1.29 is 10.2 Å². The van der Waals surface area contributed by atoms with Crippen LogP contribution in [0.25, 0.3) is 0 Å². The highest BCUT2D eigenvalue weighted by atomic mass is 79.9. The number of halogens is 1. The molecule has 0 heterocycles. The molecule has 0 unspecified atom stereocenters. The molecule has 5 heteroatoms. The molecule has 0 radical (unpaired) electrons. The number of benzene rings is 1. The second-order valence-electron chi connectivity index (χ2n) is 2.07. The van der Waals surface area contributed by atoms with Gasteiger partial charge in [0, 0.05) is 0 Å². The van der Waals surface area contributed by atoms with Crippen LogP contribution in [0, 0.1) is 0 Å². The molecule has 0 saturated heterocycles. The number of nitrogen functional groups attached to an aromatic ring is 2. The van der Waals surface area contributed by atoms with Crippen molar-refractivity contribution in [3.05, 3.63) is 10.5 Å². The van der Waals surface area contributed by atoms with Crippen molar-refractivity contribution >= 4 is 27.3 Å². The second-order valence-corrected chi connectivity index (χ2v) is 2.86. The normalized spacial score (nSPS) is 9.91. The highest BCUT2D eigenvalue weighted by molar-refractivity contribution is 9.10. The Labute approximate surface area is 71.6 Å². The van der Waals surface area contributed by atoms with Crippen molar-refractivity contribution in [1.82, 2.24) is 0 Å². The van der Waals surface area contributed by atoms with E-state index >= 15 is 0 Å². The molecule has 0 spiro atoms. The lowest BCUT2D eigenvalue weighted by Crippen LogP contribution is -1.92. The Morgan fingerprint density at radius 3 is 1.82 bits per heavy atom. The average Bonchev–Trinajstić information content (AvgIpc) is 1.97. The summed E-state index contributed by atoms with van der Waals surface area (Å²) in [6.45, 7) is 0. The summed E-state index contributed by atoms with van der Waals surface area (Å²) in [5, 5.41) is 18.2. The number of hydrogen-bond donors (Lipinski definition) is 4. The summed E-state index contributed by atoms with van der Waals surface area (Å²) in [5.74, 6) is -0.395. The Balaban J connectivity index is 3.46. The molecule has 0 bridgehead atoms. The third-order valence-corrected chi connectivity index (χ3v) is 2.02. The number of nitrogens with two attached hydrogens (primary N) is 2. The Morgan fingerprint density at radius 2 is 1.45 bits per heavy atom. The molecule has 6 N–H and O–H groups in total. The maximum atomic E-state index is 9.12. The summed E-state index contributed by atoms with van der Waals surface area (Å²) in [5.41, 5.74) is 10.9. The van der Waals surface area contributed by atoms with Gasteiger partial charge in [-0.2, -0.15) is 0 Å². The SMILES string of the molecule is Nc1cc(N)c(O)c(Br)c1O. The molecule has 0 atom stereocenters. The van der Waals surface area contributed by atoms with Crippen molar-refractivity contribution in [2.75, 3.05) is 11.5 Å². The second kappa shape index (κ2) is 2.50. The first kappa shape index (κ1) is 8.00. The van der Waals surface area contributed by atoms with E-state index in [1.54, 1.807) is 0 Å². The molecule has 0 aliphatic rings. The van der Waals surface area contributed by atoms with Crippen LogP contribution < -0.4 is 11.5 Å². The summed E-state index contributed by atoms with van der Waals surface area (Å²) in [6.07, 6.45) is 0. The standard InChI is InChI=1S/C6H7BrN2O2/c7-4-5(10)2(8)1-3(9)6(4)11/h1,10-11H,8-9H2. The fourth-order valence-electron chi connectivity index (χ4n) is 0.670. The zero-order chi connectivity index (χ0) is 8.59. The van der Waals surface area contributed by atoms with E-state index in [0.29, 0.717) is 0 Å². The Morgan fingerprint density at radius 1 is 1.09 bits per heavy atom. The third-order valence-electron chi connectivity index (χ3n) is 1.27. The van der Waals surface area contributed by atoms with Crippen LogP contribution >= 0.6 is 15.9 Å². The summed E-state index contributed by atoms with van der Waals surface area (Å²) >= 11 is 2.92. The lowest BCUT2D eigenvalue weighted by molar-refractivity contribution is 0.448. The summed E-state index contributed by atoms with van der Waals surface area (Å²) < 4.78 is 0.120. The van der Waals surface area contributed by atoms with Gasteiger partial charge in [-0.15, -0.1) is 0 Å². The smallest absolute Gasteiger partial charge is 0.156 e. The van der Waals surface area contributed by atoms with E-state index in [1.807, 2.05) is 0 Å². The number of phenolic OH excluding ortho intramolecular Hbond substituents is 2. The summed E-state index contributed by atoms with van der Waals surface area (Å²) in [7, 11) is 0. The number of anilines is 2. The molecule has 0 fully saturated rings. The minimum atomic E-state index is -0.197. The van der Waals surface area contributed by atoms with Gasteiger partial charge in [0.25, 0.3) is 0 Å². The van der Waals surface area contributed by atoms with Crippen molar-refractivity contribution in [2.45, 2.75) is 0 Å². The molecular weight excluding hydrogens is 212 g/mol. The highest BCUT2D eigenvalue weighted by Gasteiger charge is 2.10. The lowest BCUT2D eigenvalue weighted by atomic mass is 10.2. The summed E-state index contributed by atoms with van der Waals surface area (Å²) in [6, 6.07) is 1.29. The van der Waals surface area contributed by atoms with Gasteiger partial charge in [0.15, 0.2) is 11.5 Å². The fourth-order valence-corrected chi connectivity index (χ4v) is 1.13. The van der Waals surface area contributed by atoms with E-state index in [-0.39, 0.29) is 27.3 Å². The van der Waals surface area contributed by atoms with Gasteiger partial charge in [0.1, 0.15) is 4.47 Å². The van der Waals surface area contributed by atoms with E-state index in [1.165, 1.54) is 6.07 Å². The lowest BCUT2D eigenvalue weighted by Gasteiger charge is -2.05. The topological polar surface area (TPSA) is 92.5 Å². The van der Waals surface area contributed by atoms with Crippen LogP contribution in [0.5, 0.6) is 11.5 Å². The zero-order valence-electron chi connectivity index (χ0n) is 5.50. The van der Waals surface area contributed by atoms with Crippen molar-refractivity contribution in [3.63, 3.8) is 0 Å². The van der Waals surface area contributed by atoms with Crippen LogP contribution in [-0.4, -0.2) is 10.2 Å². The highest BCUT2D eigenvalue weighted by Crippen LogP contribution is 2.41. The molecule has 0 aliphatic carbocycles. The Kier molecular flexibility index (Phi) is 1.82. The molecule has 4 nitrogen and oxygen atoms in total. The molecule has 60 valence electrons. The van der Waals surface area contributed by atoms with E-state index in [0.717, 1.165) is 0 Å².